The predicted molar refractivity (Wildman–Crippen MR) is 137 cm³/mol. The second-order valence-corrected chi connectivity index (χ2v) is 9.65. The normalized spacial score (nSPS) is 21.5. The van der Waals surface area contributed by atoms with Gasteiger partial charge in [-0.25, -0.2) is 14.6 Å². The van der Waals surface area contributed by atoms with Crippen molar-refractivity contribution in [1.29, 1.82) is 0 Å². The van der Waals surface area contributed by atoms with E-state index in [1.807, 2.05) is 0 Å². The number of cyclic esters (lactones) is 2. The molecule has 0 bridgehead atoms. The number of aromatic nitrogens is 1. The molecule has 1 saturated heterocycles. The average Bonchev–Trinajstić information content (AvgIpc) is 2.92. The molecule has 4 atom stereocenters. The highest BCUT2D eigenvalue weighted by atomic mass is 35.5. The van der Waals surface area contributed by atoms with Gasteiger partial charge < -0.3 is 29.0 Å². The van der Waals surface area contributed by atoms with Gasteiger partial charge in [0.15, 0.2) is 23.6 Å². The maximum Gasteiger partial charge on any atom is 0.513 e. The minimum Gasteiger partial charge on any atom is -0.463 e. The maximum atomic E-state index is 13.1. The zero-order chi connectivity index (χ0) is 29.1. The molecular formula is C26H35ClN2O10. The van der Waals surface area contributed by atoms with E-state index in [-0.39, 0.29) is 24.5 Å². The summed E-state index contributed by atoms with van der Waals surface area (Å²) in [6.07, 6.45) is -0.364. The summed E-state index contributed by atoms with van der Waals surface area (Å²) in [7, 11) is 0. The maximum absolute atomic E-state index is 13.1. The van der Waals surface area contributed by atoms with Crippen molar-refractivity contribution >= 4 is 41.6 Å². The van der Waals surface area contributed by atoms with Crippen LogP contribution in [0.3, 0.4) is 0 Å². The van der Waals surface area contributed by atoms with E-state index in [0.29, 0.717) is 24.3 Å². The molecule has 0 spiro atoms. The predicted octanol–water partition coefficient (Wildman–Crippen LogP) is 3.11. The molecule has 1 aliphatic heterocycles. The molecule has 1 aromatic rings. The first-order valence-corrected chi connectivity index (χ1v) is 13.3. The summed E-state index contributed by atoms with van der Waals surface area (Å²) >= 11 is 5.61. The van der Waals surface area contributed by atoms with Crippen LogP contribution in [0.1, 0.15) is 63.0 Å². The molecule has 1 aliphatic rings. The molecule has 0 aromatic carbocycles. The first-order valence-electron chi connectivity index (χ1n) is 12.7. The van der Waals surface area contributed by atoms with Gasteiger partial charge in [-0.3, -0.25) is 14.4 Å². The zero-order valence-corrected chi connectivity index (χ0v) is 23.4. The number of aryl methyl sites for hydroxylation is 1. The van der Waals surface area contributed by atoms with Gasteiger partial charge in [-0.05, 0) is 44.7 Å². The molecule has 39 heavy (non-hydrogen) atoms. The van der Waals surface area contributed by atoms with E-state index in [9.17, 15) is 24.0 Å². The average molecular weight is 571 g/mol. The number of nitrogens with zero attached hydrogens (tertiary/aromatic N) is 1. The fourth-order valence-corrected chi connectivity index (χ4v) is 3.80. The number of amides is 1. The number of nitrogens with one attached hydrogen (secondary N) is 1. The van der Waals surface area contributed by atoms with E-state index >= 15 is 0 Å². The highest BCUT2D eigenvalue weighted by molar-refractivity contribution is 6.17. The highest BCUT2D eigenvalue weighted by Crippen LogP contribution is 2.25. The Kier molecular flexibility index (Phi) is 12.4. The summed E-state index contributed by atoms with van der Waals surface area (Å²) in [6.45, 7) is 7.61. The molecule has 12 nitrogen and oxygen atoms in total. The SMILES string of the molecule is CCC1C(=O)OCC(NC(=O)c2nccc(C)c2OC(=O)OCCCCCl)C(=O)OC(C)C1OC(=O)C(C)C. The van der Waals surface area contributed by atoms with Crippen molar-refractivity contribution in [2.75, 3.05) is 19.1 Å². The molecule has 0 aliphatic carbocycles. The van der Waals surface area contributed by atoms with Crippen LogP contribution < -0.4 is 10.1 Å². The zero-order valence-electron chi connectivity index (χ0n) is 22.7. The fourth-order valence-electron chi connectivity index (χ4n) is 3.61. The van der Waals surface area contributed by atoms with Crippen LogP contribution in [0.4, 0.5) is 4.79 Å². The Morgan fingerprint density at radius 3 is 2.56 bits per heavy atom. The summed E-state index contributed by atoms with van der Waals surface area (Å²) in [4.78, 5) is 67.3. The number of carbonyl (C=O) groups is 5. The Morgan fingerprint density at radius 2 is 1.92 bits per heavy atom. The monoisotopic (exact) mass is 570 g/mol. The second kappa shape index (κ2) is 15.2. The van der Waals surface area contributed by atoms with Crippen LogP contribution in [0.2, 0.25) is 0 Å². The van der Waals surface area contributed by atoms with Gasteiger partial charge in [-0.1, -0.05) is 20.8 Å². The molecule has 4 unspecified atom stereocenters. The minimum atomic E-state index is -1.42. The molecule has 1 fully saturated rings. The first kappa shape index (κ1) is 31.8. The summed E-state index contributed by atoms with van der Waals surface area (Å²) in [6, 6.07) is 0.104. The Labute approximate surface area is 232 Å². The van der Waals surface area contributed by atoms with Crippen molar-refractivity contribution in [3.63, 3.8) is 0 Å². The van der Waals surface area contributed by atoms with E-state index in [2.05, 4.69) is 10.3 Å². The number of carbonyl (C=O) groups excluding carboxylic acids is 5. The van der Waals surface area contributed by atoms with Gasteiger partial charge in [0.1, 0.15) is 12.7 Å². The quantitative estimate of drug-likeness (QED) is 0.191. The van der Waals surface area contributed by atoms with Crippen LogP contribution in [0.15, 0.2) is 12.3 Å². The smallest absolute Gasteiger partial charge is 0.463 e. The molecule has 1 aromatic heterocycles. The summed E-state index contributed by atoms with van der Waals surface area (Å²) in [5, 5.41) is 2.42. The topological polar surface area (TPSA) is 156 Å². The second-order valence-electron chi connectivity index (χ2n) is 9.27. The lowest BCUT2D eigenvalue weighted by molar-refractivity contribution is -0.176. The first-order chi connectivity index (χ1) is 18.5. The number of hydrogen-bond acceptors (Lipinski definition) is 11. The fraction of sp³-hybridized carbons (Fsp3) is 0.615. The largest absolute Gasteiger partial charge is 0.513 e. The van der Waals surface area contributed by atoms with Crippen LogP contribution in [-0.2, 0) is 33.3 Å². The third-order valence-electron chi connectivity index (χ3n) is 5.86. The molecule has 0 saturated carbocycles. The molecule has 2 heterocycles. The van der Waals surface area contributed by atoms with Gasteiger partial charge >= 0.3 is 24.1 Å². The van der Waals surface area contributed by atoms with Crippen LogP contribution >= 0.6 is 11.6 Å². The van der Waals surface area contributed by atoms with Gasteiger partial charge in [0.05, 0.1) is 18.4 Å². The number of halogens is 1. The van der Waals surface area contributed by atoms with Crippen molar-refractivity contribution in [1.82, 2.24) is 10.3 Å². The molecule has 13 heteroatoms. The third-order valence-corrected chi connectivity index (χ3v) is 6.13. The number of rotatable bonds is 10. The van der Waals surface area contributed by atoms with E-state index < -0.39 is 66.7 Å². The number of alkyl halides is 1. The van der Waals surface area contributed by atoms with Gasteiger partial charge in [-0.15, -0.1) is 11.6 Å². The number of esters is 3. The van der Waals surface area contributed by atoms with Crippen molar-refractivity contribution in [3.05, 3.63) is 23.5 Å². The Balaban J connectivity index is 2.21. The van der Waals surface area contributed by atoms with Crippen LogP contribution in [-0.4, -0.2) is 72.3 Å². The van der Waals surface area contributed by atoms with Gasteiger partial charge in [-0.2, -0.15) is 0 Å². The molecule has 2 rings (SSSR count). The lowest BCUT2D eigenvalue weighted by Crippen LogP contribution is -2.47. The van der Waals surface area contributed by atoms with Crippen molar-refractivity contribution < 1.29 is 47.7 Å². The van der Waals surface area contributed by atoms with Crippen molar-refractivity contribution in [3.8, 4) is 5.75 Å². The summed E-state index contributed by atoms with van der Waals surface area (Å²) in [5.74, 6) is -4.17. The van der Waals surface area contributed by atoms with Gasteiger partial charge in [0.25, 0.3) is 5.91 Å². The lowest BCUT2D eigenvalue weighted by Gasteiger charge is -2.29. The van der Waals surface area contributed by atoms with E-state index in [4.69, 9.17) is 35.3 Å². The molecular weight excluding hydrogens is 536 g/mol. The Hall–Kier alpha value is -3.41. The van der Waals surface area contributed by atoms with E-state index in [0.717, 1.165) is 0 Å². The van der Waals surface area contributed by atoms with Crippen molar-refractivity contribution in [2.45, 2.75) is 72.1 Å². The van der Waals surface area contributed by atoms with Crippen molar-refractivity contribution in [2.24, 2.45) is 11.8 Å². The number of pyridine rings is 1. The van der Waals surface area contributed by atoms with Crippen LogP contribution in [0.25, 0.3) is 0 Å². The Morgan fingerprint density at radius 1 is 1.21 bits per heavy atom. The lowest BCUT2D eigenvalue weighted by atomic mass is 9.95. The van der Waals surface area contributed by atoms with Crippen LogP contribution in [0.5, 0.6) is 5.75 Å². The van der Waals surface area contributed by atoms with Gasteiger partial charge in [0.2, 0.25) is 0 Å². The number of unbranched alkanes of at least 4 members (excludes halogenated alkanes) is 1. The van der Waals surface area contributed by atoms with Gasteiger partial charge in [0, 0.05) is 12.1 Å². The standard InChI is InChI=1S/C26H35ClN2O10/c1-6-17-21(38-23(31)14(2)3)16(5)37-25(33)18(13-36-24(17)32)29-22(30)19-20(15(4)9-11-28-19)39-26(34)35-12-8-7-10-27/h9,11,14,16-18,21H,6-8,10,12-13H2,1-5H3,(H,29,30). The molecule has 1 amide bonds. The summed E-state index contributed by atoms with van der Waals surface area (Å²) < 4.78 is 26.5. The molecule has 216 valence electrons. The van der Waals surface area contributed by atoms with Crippen LogP contribution in [0, 0.1) is 18.8 Å². The molecule has 0 radical (unpaired) electrons. The third kappa shape index (κ3) is 9.09. The van der Waals surface area contributed by atoms with E-state index in [1.54, 1.807) is 27.7 Å². The number of hydrogen-bond donors (Lipinski definition) is 1. The highest BCUT2D eigenvalue weighted by Gasteiger charge is 2.41. The number of ether oxygens (including phenoxy) is 5. The minimum absolute atomic E-state index is 0.0795. The molecule has 1 N–H and O–H groups in total. The van der Waals surface area contributed by atoms with E-state index in [1.165, 1.54) is 19.2 Å². The summed E-state index contributed by atoms with van der Waals surface area (Å²) in [5.41, 5.74) is 0.112. The Bertz CT molecular complexity index is 1050.